The van der Waals surface area contributed by atoms with Crippen LogP contribution in [0.1, 0.15) is 28.3 Å². The zero-order chi connectivity index (χ0) is 21.7. The number of hydrogen-bond donors (Lipinski definition) is 2. The average molecular weight is 412 g/mol. The van der Waals surface area contributed by atoms with Gasteiger partial charge < -0.3 is 14.9 Å². The molecule has 0 spiro atoms. The van der Waals surface area contributed by atoms with Crippen molar-refractivity contribution in [1.29, 1.82) is 0 Å². The summed E-state index contributed by atoms with van der Waals surface area (Å²) in [6.45, 7) is 2.40. The summed E-state index contributed by atoms with van der Waals surface area (Å²) in [5.74, 6) is 0.0126. The number of aromatic nitrogens is 2. The summed E-state index contributed by atoms with van der Waals surface area (Å²) in [7, 11) is 1.54. The third kappa shape index (κ3) is 4.52. The largest absolute Gasteiger partial charge is 0.456 e. The number of nitrogens with zero attached hydrogens (tertiary/aromatic N) is 2. The number of anilines is 2. The lowest BCUT2D eigenvalue weighted by atomic mass is 10.2. The number of nitrogens with two attached hydrogens (primary N) is 1. The summed E-state index contributed by atoms with van der Waals surface area (Å²) in [4.78, 5) is 41.7. The Morgan fingerprint density at radius 2 is 1.93 bits per heavy atom. The number of hydrogen-bond acceptors (Lipinski definition) is 6. The first kappa shape index (κ1) is 21.1. The molecule has 0 aliphatic carbocycles. The fraction of sp³-hybridized carbons (Fsp3) is 0.286. The second kappa shape index (κ2) is 9.27. The SMILES string of the molecule is COCCCN(C(=O)c1ccc(C)o1)c1c(N)n(Cc2ccccc2)c(=O)[nH]c1=O. The molecular weight excluding hydrogens is 388 g/mol. The van der Waals surface area contributed by atoms with Crippen molar-refractivity contribution in [3.63, 3.8) is 0 Å². The van der Waals surface area contributed by atoms with Crippen LogP contribution in [0.3, 0.4) is 0 Å². The van der Waals surface area contributed by atoms with Crippen molar-refractivity contribution in [2.45, 2.75) is 19.9 Å². The van der Waals surface area contributed by atoms with Crippen molar-refractivity contribution in [2.75, 3.05) is 30.9 Å². The van der Waals surface area contributed by atoms with Gasteiger partial charge in [0.25, 0.3) is 11.5 Å². The van der Waals surface area contributed by atoms with Crippen LogP contribution in [-0.4, -0.2) is 35.7 Å². The fourth-order valence-electron chi connectivity index (χ4n) is 3.13. The summed E-state index contributed by atoms with van der Waals surface area (Å²) in [5.41, 5.74) is 5.58. The molecule has 0 aliphatic heterocycles. The lowest BCUT2D eigenvalue weighted by molar-refractivity contribution is 0.0955. The van der Waals surface area contributed by atoms with Gasteiger partial charge in [-0.1, -0.05) is 30.3 Å². The normalized spacial score (nSPS) is 10.9. The van der Waals surface area contributed by atoms with Crippen molar-refractivity contribution >= 4 is 17.4 Å². The average Bonchev–Trinajstić information content (AvgIpc) is 3.16. The molecule has 9 heteroatoms. The van der Waals surface area contributed by atoms with E-state index in [0.717, 1.165) is 5.56 Å². The van der Waals surface area contributed by atoms with Gasteiger partial charge in [-0.15, -0.1) is 0 Å². The topological polar surface area (TPSA) is 124 Å². The maximum absolute atomic E-state index is 13.1. The molecular formula is C21H24N4O5. The summed E-state index contributed by atoms with van der Waals surface area (Å²) < 4.78 is 11.7. The van der Waals surface area contributed by atoms with Crippen molar-refractivity contribution in [2.24, 2.45) is 0 Å². The molecule has 1 amide bonds. The van der Waals surface area contributed by atoms with E-state index in [2.05, 4.69) is 4.98 Å². The Morgan fingerprint density at radius 3 is 2.57 bits per heavy atom. The highest BCUT2D eigenvalue weighted by Crippen LogP contribution is 2.21. The number of carbonyl (C=O) groups excluding carboxylic acids is 1. The molecule has 2 heterocycles. The number of methoxy groups -OCH3 is 1. The van der Waals surface area contributed by atoms with Crippen LogP contribution in [0.15, 0.2) is 56.5 Å². The third-order valence-corrected chi connectivity index (χ3v) is 4.59. The Hall–Kier alpha value is -3.59. The number of rotatable bonds is 8. The molecule has 3 rings (SSSR count). The second-order valence-corrected chi connectivity index (χ2v) is 6.78. The molecule has 30 heavy (non-hydrogen) atoms. The van der Waals surface area contributed by atoms with Gasteiger partial charge >= 0.3 is 5.69 Å². The van der Waals surface area contributed by atoms with Crippen LogP contribution < -0.4 is 21.9 Å². The lowest BCUT2D eigenvalue weighted by Gasteiger charge is -2.23. The van der Waals surface area contributed by atoms with E-state index < -0.39 is 17.2 Å². The molecule has 0 radical (unpaired) electrons. The highest BCUT2D eigenvalue weighted by molar-refractivity contribution is 6.05. The smallest absolute Gasteiger partial charge is 0.330 e. The van der Waals surface area contributed by atoms with Crippen LogP contribution in [0.5, 0.6) is 0 Å². The van der Waals surface area contributed by atoms with Gasteiger partial charge in [0, 0.05) is 20.3 Å². The van der Waals surface area contributed by atoms with Crippen LogP contribution in [0.4, 0.5) is 11.5 Å². The molecule has 9 nitrogen and oxygen atoms in total. The Labute approximate surface area is 172 Å². The predicted octanol–water partition coefficient (Wildman–Crippen LogP) is 1.75. The maximum atomic E-state index is 13.1. The number of nitrogen functional groups attached to an aromatic ring is 1. The molecule has 0 saturated heterocycles. The van der Waals surface area contributed by atoms with E-state index in [4.69, 9.17) is 14.9 Å². The zero-order valence-corrected chi connectivity index (χ0v) is 16.9. The summed E-state index contributed by atoms with van der Waals surface area (Å²) in [6.07, 6.45) is 0.457. The summed E-state index contributed by atoms with van der Waals surface area (Å²) in [5, 5.41) is 0. The Kier molecular flexibility index (Phi) is 6.53. The van der Waals surface area contributed by atoms with Gasteiger partial charge in [0.2, 0.25) is 0 Å². The van der Waals surface area contributed by atoms with Crippen LogP contribution in [-0.2, 0) is 11.3 Å². The Morgan fingerprint density at radius 1 is 1.20 bits per heavy atom. The van der Waals surface area contributed by atoms with E-state index in [1.54, 1.807) is 20.1 Å². The minimum absolute atomic E-state index is 0.0736. The number of H-pyrrole nitrogens is 1. The van der Waals surface area contributed by atoms with E-state index in [-0.39, 0.29) is 30.4 Å². The van der Waals surface area contributed by atoms with E-state index >= 15 is 0 Å². The molecule has 0 bridgehead atoms. The third-order valence-electron chi connectivity index (χ3n) is 4.59. The quantitative estimate of drug-likeness (QED) is 0.543. The van der Waals surface area contributed by atoms with E-state index in [1.165, 1.54) is 15.5 Å². The first-order chi connectivity index (χ1) is 14.4. The number of nitrogens with one attached hydrogen (secondary N) is 1. The summed E-state index contributed by atoms with van der Waals surface area (Å²) in [6, 6.07) is 12.4. The molecule has 1 aromatic carbocycles. The predicted molar refractivity (Wildman–Crippen MR) is 113 cm³/mol. The zero-order valence-electron chi connectivity index (χ0n) is 16.9. The Balaban J connectivity index is 2.07. The van der Waals surface area contributed by atoms with E-state index in [1.807, 2.05) is 30.3 Å². The van der Waals surface area contributed by atoms with Gasteiger partial charge in [-0.3, -0.25) is 24.0 Å². The number of benzene rings is 1. The molecule has 0 unspecified atom stereocenters. The van der Waals surface area contributed by atoms with Crippen molar-refractivity contribution in [1.82, 2.24) is 9.55 Å². The van der Waals surface area contributed by atoms with Crippen LogP contribution in [0.2, 0.25) is 0 Å². The minimum atomic E-state index is -0.740. The molecule has 0 saturated carbocycles. The van der Waals surface area contributed by atoms with Crippen LogP contribution in [0.25, 0.3) is 0 Å². The van der Waals surface area contributed by atoms with E-state index in [9.17, 15) is 14.4 Å². The standard InChI is InChI=1S/C21H24N4O5/c1-14-9-10-16(30-14)20(27)24(11-6-12-29-2)17-18(22)25(21(28)23-19(17)26)13-15-7-4-3-5-8-15/h3-5,7-10H,6,11-13,22H2,1-2H3,(H,23,26,28). The first-order valence-corrected chi connectivity index (χ1v) is 9.46. The number of aromatic amines is 1. The van der Waals surface area contributed by atoms with Gasteiger partial charge in [-0.2, -0.15) is 0 Å². The number of ether oxygens (including phenoxy) is 1. The van der Waals surface area contributed by atoms with Crippen molar-refractivity contribution < 1.29 is 13.9 Å². The summed E-state index contributed by atoms with van der Waals surface area (Å²) >= 11 is 0. The van der Waals surface area contributed by atoms with Crippen molar-refractivity contribution in [3.8, 4) is 0 Å². The number of amides is 1. The van der Waals surface area contributed by atoms with Gasteiger partial charge in [0.1, 0.15) is 11.6 Å². The Bertz CT molecular complexity index is 1130. The highest BCUT2D eigenvalue weighted by Gasteiger charge is 2.27. The van der Waals surface area contributed by atoms with Crippen molar-refractivity contribution in [3.05, 3.63) is 80.4 Å². The monoisotopic (exact) mass is 412 g/mol. The molecule has 158 valence electrons. The number of aryl methyl sites for hydroxylation is 1. The van der Waals surface area contributed by atoms with Crippen LogP contribution in [0, 0.1) is 6.92 Å². The van der Waals surface area contributed by atoms with Gasteiger partial charge in [0.05, 0.1) is 6.54 Å². The fourth-order valence-corrected chi connectivity index (χ4v) is 3.13. The maximum Gasteiger partial charge on any atom is 0.330 e. The van der Waals surface area contributed by atoms with Gasteiger partial charge in [0.15, 0.2) is 11.4 Å². The van der Waals surface area contributed by atoms with Gasteiger partial charge in [-0.05, 0) is 31.0 Å². The number of carbonyl (C=O) groups is 1. The van der Waals surface area contributed by atoms with Crippen LogP contribution >= 0.6 is 0 Å². The highest BCUT2D eigenvalue weighted by atomic mass is 16.5. The second-order valence-electron chi connectivity index (χ2n) is 6.78. The van der Waals surface area contributed by atoms with Gasteiger partial charge in [-0.25, -0.2) is 4.79 Å². The first-order valence-electron chi connectivity index (χ1n) is 9.46. The molecule has 3 N–H and O–H groups in total. The number of furan rings is 1. The molecule has 0 aliphatic rings. The molecule has 3 aromatic rings. The van der Waals surface area contributed by atoms with E-state index in [0.29, 0.717) is 18.8 Å². The minimum Gasteiger partial charge on any atom is -0.456 e. The molecule has 2 aromatic heterocycles. The lowest BCUT2D eigenvalue weighted by Crippen LogP contribution is -2.42. The molecule has 0 atom stereocenters. The molecule has 0 fully saturated rings.